The van der Waals surface area contributed by atoms with Gasteiger partial charge >= 0.3 is 0 Å². The first-order chi connectivity index (χ1) is 12.3. The number of nitrogens with one attached hydrogen (secondary N) is 2. The highest BCUT2D eigenvalue weighted by Crippen LogP contribution is 2.22. The molecule has 0 unspecified atom stereocenters. The van der Waals surface area contributed by atoms with E-state index < -0.39 is 0 Å². The Kier molecular flexibility index (Phi) is 5.57. The van der Waals surface area contributed by atoms with Crippen LogP contribution < -0.4 is 15.4 Å². The first-order valence-corrected chi connectivity index (χ1v) is 8.39. The lowest BCUT2D eigenvalue weighted by atomic mass is 10.1. The Bertz CT molecular complexity index is 841. The molecule has 2 N–H and O–H groups in total. The zero-order valence-electron chi connectivity index (χ0n) is 14.6. The third kappa shape index (κ3) is 4.53. The van der Waals surface area contributed by atoms with Crippen molar-refractivity contribution in [3.05, 3.63) is 66.1 Å². The van der Waals surface area contributed by atoms with Gasteiger partial charge < -0.3 is 19.8 Å². The maximum atomic E-state index is 5.34. The van der Waals surface area contributed by atoms with Gasteiger partial charge in [0.25, 0.3) is 0 Å². The Morgan fingerprint density at radius 3 is 2.68 bits per heavy atom. The molecule has 3 aromatic rings. The quantitative estimate of drug-likeness (QED) is 0.532. The van der Waals surface area contributed by atoms with Gasteiger partial charge in [-0.2, -0.15) is 0 Å². The van der Waals surface area contributed by atoms with Gasteiger partial charge in [-0.15, -0.1) is 0 Å². The van der Waals surface area contributed by atoms with Gasteiger partial charge in [-0.25, -0.2) is 4.99 Å². The van der Waals surface area contributed by atoms with E-state index in [0.29, 0.717) is 13.1 Å². The smallest absolute Gasteiger partial charge is 0.191 e. The molecule has 0 saturated carbocycles. The number of ether oxygens (including phenoxy) is 1. The molecule has 130 valence electrons. The fourth-order valence-electron chi connectivity index (χ4n) is 2.59. The van der Waals surface area contributed by atoms with Crippen LogP contribution in [0.2, 0.25) is 0 Å². The number of hydrogen-bond donors (Lipinski definition) is 2. The minimum atomic E-state index is 0.607. The highest BCUT2D eigenvalue weighted by atomic mass is 16.5. The van der Waals surface area contributed by atoms with Crippen LogP contribution in [-0.2, 0) is 13.1 Å². The van der Waals surface area contributed by atoms with E-state index in [-0.39, 0.29) is 0 Å². The Labute approximate surface area is 147 Å². The van der Waals surface area contributed by atoms with E-state index >= 15 is 0 Å². The first-order valence-electron chi connectivity index (χ1n) is 8.39. The van der Waals surface area contributed by atoms with Crippen LogP contribution in [0, 0.1) is 0 Å². The Morgan fingerprint density at radius 1 is 1.08 bits per heavy atom. The fraction of sp³-hybridized carbons (Fsp3) is 0.250. The van der Waals surface area contributed by atoms with Crippen molar-refractivity contribution >= 4 is 16.7 Å². The van der Waals surface area contributed by atoms with Gasteiger partial charge in [-0.05, 0) is 53.6 Å². The first kappa shape index (κ1) is 16.9. The minimum absolute atomic E-state index is 0.607. The van der Waals surface area contributed by atoms with E-state index in [9.17, 15) is 0 Å². The molecule has 0 atom stereocenters. The second kappa shape index (κ2) is 8.24. The SMILES string of the molecule is CCNC(=NCc1ccc2cc(OC)ccc2c1)NCc1ccco1. The number of fused-ring (bicyclic) bond motifs is 1. The van der Waals surface area contributed by atoms with Crippen LogP contribution >= 0.6 is 0 Å². The molecule has 25 heavy (non-hydrogen) atoms. The minimum Gasteiger partial charge on any atom is -0.497 e. The Morgan fingerprint density at radius 2 is 1.92 bits per heavy atom. The number of hydrogen-bond acceptors (Lipinski definition) is 3. The second-order valence-electron chi connectivity index (χ2n) is 5.68. The lowest BCUT2D eigenvalue weighted by Crippen LogP contribution is -2.36. The van der Waals surface area contributed by atoms with E-state index in [2.05, 4.69) is 39.9 Å². The van der Waals surface area contributed by atoms with Gasteiger partial charge in [0, 0.05) is 6.54 Å². The maximum Gasteiger partial charge on any atom is 0.191 e. The summed E-state index contributed by atoms with van der Waals surface area (Å²) in [5.74, 6) is 2.52. The number of benzene rings is 2. The number of guanidine groups is 1. The van der Waals surface area contributed by atoms with Crippen LogP contribution in [0.25, 0.3) is 10.8 Å². The molecule has 1 aromatic heterocycles. The summed E-state index contributed by atoms with van der Waals surface area (Å²) < 4.78 is 10.6. The molecular formula is C20H23N3O2. The van der Waals surface area contributed by atoms with E-state index in [1.54, 1.807) is 13.4 Å². The molecule has 0 bridgehead atoms. The van der Waals surface area contributed by atoms with Crippen LogP contribution in [-0.4, -0.2) is 19.6 Å². The topological polar surface area (TPSA) is 58.8 Å². The molecule has 0 saturated heterocycles. The summed E-state index contributed by atoms with van der Waals surface area (Å²) in [5, 5.41) is 8.87. The third-order valence-corrected chi connectivity index (χ3v) is 3.89. The van der Waals surface area contributed by atoms with Crippen LogP contribution in [0.5, 0.6) is 5.75 Å². The number of methoxy groups -OCH3 is 1. The summed E-state index contributed by atoms with van der Waals surface area (Å²) >= 11 is 0. The molecule has 5 heteroatoms. The van der Waals surface area contributed by atoms with Crippen molar-refractivity contribution in [3.63, 3.8) is 0 Å². The van der Waals surface area contributed by atoms with E-state index in [1.165, 1.54) is 5.39 Å². The normalized spacial score (nSPS) is 11.5. The monoisotopic (exact) mass is 337 g/mol. The summed E-state index contributed by atoms with van der Waals surface area (Å²) in [6.45, 7) is 4.07. The van der Waals surface area contributed by atoms with Crippen molar-refractivity contribution in [1.82, 2.24) is 10.6 Å². The van der Waals surface area contributed by atoms with Crippen molar-refractivity contribution < 1.29 is 9.15 Å². The van der Waals surface area contributed by atoms with Crippen molar-refractivity contribution in [2.45, 2.75) is 20.0 Å². The van der Waals surface area contributed by atoms with Crippen molar-refractivity contribution in [3.8, 4) is 5.75 Å². The zero-order valence-corrected chi connectivity index (χ0v) is 14.6. The largest absolute Gasteiger partial charge is 0.497 e. The lowest BCUT2D eigenvalue weighted by molar-refractivity contribution is 0.415. The molecule has 0 aliphatic rings. The molecule has 5 nitrogen and oxygen atoms in total. The average Bonchev–Trinajstić information content (AvgIpc) is 3.17. The Balaban J connectivity index is 1.69. The molecule has 0 spiro atoms. The number of aliphatic imine (C=N–C) groups is 1. The highest BCUT2D eigenvalue weighted by Gasteiger charge is 2.02. The predicted molar refractivity (Wildman–Crippen MR) is 101 cm³/mol. The summed E-state index contributed by atoms with van der Waals surface area (Å²) in [6, 6.07) is 16.3. The van der Waals surface area contributed by atoms with Crippen molar-refractivity contribution in [1.29, 1.82) is 0 Å². The van der Waals surface area contributed by atoms with Gasteiger partial charge in [-0.1, -0.05) is 18.2 Å². The van der Waals surface area contributed by atoms with Gasteiger partial charge in [0.05, 0.1) is 26.5 Å². The summed E-state index contributed by atoms with van der Waals surface area (Å²) in [4.78, 5) is 4.65. The molecule has 0 fully saturated rings. The van der Waals surface area contributed by atoms with Crippen LogP contribution in [0.4, 0.5) is 0 Å². The van der Waals surface area contributed by atoms with Crippen LogP contribution in [0.1, 0.15) is 18.2 Å². The maximum absolute atomic E-state index is 5.34. The summed E-state index contributed by atoms with van der Waals surface area (Å²) in [7, 11) is 1.68. The van der Waals surface area contributed by atoms with Crippen LogP contribution in [0.15, 0.2) is 64.2 Å². The van der Waals surface area contributed by atoms with Gasteiger partial charge in [0.1, 0.15) is 11.5 Å². The third-order valence-electron chi connectivity index (χ3n) is 3.89. The van der Waals surface area contributed by atoms with Gasteiger partial charge in [-0.3, -0.25) is 0 Å². The van der Waals surface area contributed by atoms with Gasteiger partial charge in [0.15, 0.2) is 5.96 Å². The fourth-order valence-corrected chi connectivity index (χ4v) is 2.59. The average molecular weight is 337 g/mol. The molecular weight excluding hydrogens is 314 g/mol. The van der Waals surface area contributed by atoms with Crippen molar-refractivity contribution in [2.24, 2.45) is 4.99 Å². The number of furan rings is 1. The van der Waals surface area contributed by atoms with E-state index in [0.717, 1.165) is 35.0 Å². The molecule has 3 rings (SSSR count). The molecule has 0 amide bonds. The highest BCUT2D eigenvalue weighted by molar-refractivity contribution is 5.84. The van der Waals surface area contributed by atoms with Crippen LogP contribution in [0.3, 0.4) is 0 Å². The predicted octanol–water partition coefficient (Wildman–Crippen LogP) is 3.70. The van der Waals surface area contributed by atoms with Crippen molar-refractivity contribution in [2.75, 3.05) is 13.7 Å². The van der Waals surface area contributed by atoms with E-state index in [4.69, 9.17) is 9.15 Å². The molecule has 0 aliphatic heterocycles. The number of rotatable bonds is 6. The Hall–Kier alpha value is -2.95. The number of nitrogens with zero attached hydrogens (tertiary/aromatic N) is 1. The lowest BCUT2D eigenvalue weighted by Gasteiger charge is -2.10. The zero-order chi connectivity index (χ0) is 17.5. The molecule has 2 aromatic carbocycles. The molecule has 0 aliphatic carbocycles. The second-order valence-corrected chi connectivity index (χ2v) is 5.68. The van der Waals surface area contributed by atoms with Gasteiger partial charge in [0.2, 0.25) is 0 Å². The summed E-state index contributed by atoms with van der Waals surface area (Å²) in [5.41, 5.74) is 1.16. The summed E-state index contributed by atoms with van der Waals surface area (Å²) in [6.07, 6.45) is 1.67. The standard InChI is InChI=1S/C20H23N3O2/c1-3-21-20(23-14-19-5-4-10-25-19)22-13-15-6-7-17-12-18(24-2)9-8-16(17)11-15/h4-12H,3,13-14H2,1-2H3,(H2,21,22,23). The molecule has 1 heterocycles. The molecule has 0 radical (unpaired) electrons. The van der Waals surface area contributed by atoms with E-state index in [1.807, 2.05) is 31.2 Å².